The Morgan fingerprint density at radius 3 is 2.77 bits per heavy atom. The first-order chi connectivity index (χ1) is 10.6. The first kappa shape index (κ1) is 15.2. The number of aromatic nitrogens is 1. The van der Waals surface area contributed by atoms with E-state index >= 15 is 0 Å². The van der Waals surface area contributed by atoms with E-state index in [0.29, 0.717) is 33.2 Å². The molecular formula is C16H10BrClFNO2. The summed E-state index contributed by atoms with van der Waals surface area (Å²) in [6.07, 6.45) is 0. The van der Waals surface area contributed by atoms with Gasteiger partial charge in [-0.2, -0.15) is 0 Å². The molecule has 112 valence electrons. The van der Waals surface area contributed by atoms with Crippen LogP contribution in [0.15, 0.2) is 51.5 Å². The van der Waals surface area contributed by atoms with Crippen molar-refractivity contribution in [1.82, 2.24) is 5.16 Å². The van der Waals surface area contributed by atoms with Gasteiger partial charge < -0.3 is 9.63 Å². The zero-order valence-electron chi connectivity index (χ0n) is 11.2. The summed E-state index contributed by atoms with van der Waals surface area (Å²) in [5.74, 6) is -0.0144. The predicted molar refractivity (Wildman–Crippen MR) is 86.0 cm³/mol. The van der Waals surface area contributed by atoms with Gasteiger partial charge in [-0.15, -0.1) is 0 Å². The summed E-state index contributed by atoms with van der Waals surface area (Å²) in [7, 11) is 0. The van der Waals surface area contributed by atoms with Crippen LogP contribution < -0.4 is 0 Å². The standard InChI is InChI=1S/C16H10BrClFNO2/c17-10-4-5-14(18)12(7-10)16-13(8-21)15(20-22-16)9-2-1-3-11(19)6-9/h1-7,21H,8H2. The molecule has 0 amide bonds. The molecule has 1 N–H and O–H groups in total. The van der Waals surface area contributed by atoms with Crippen molar-refractivity contribution in [3.63, 3.8) is 0 Å². The molecule has 0 saturated carbocycles. The molecule has 0 aliphatic heterocycles. The quantitative estimate of drug-likeness (QED) is 0.689. The third kappa shape index (κ3) is 2.79. The van der Waals surface area contributed by atoms with Crippen molar-refractivity contribution in [2.75, 3.05) is 0 Å². The highest BCUT2D eigenvalue weighted by atomic mass is 79.9. The van der Waals surface area contributed by atoms with Crippen LogP contribution in [-0.2, 0) is 6.61 Å². The monoisotopic (exact) mass is 381 g/mol. The number of nitrogens with zero attached hydrogens (tertiary/aromatic N) is 1. The summed E-state index contributed by atoms with van der Waals surface area (Å²) in [6, 6.07) is 11.2. The fourth-order valence-corrected chi connectivity index (χ4v) is 2.77. The molecule has 0 aliphatic rings. The topological polar surface area (TPSA) is 46.3 Å². The molecule has 22 heavy (non-hydrogen) atoms. The van der Waals surface area contributed by atoms with Gasteiger partial charge in [0.1, 0.15) is 11.5 Å². The molecule has 6 heteroatoms. The van der Waals surface area contributed by atoms with Gasteiger partial charge in [0.05, 0.1) is 17.2 Å². The SMILES string of the molecule is OCc1c(-c2cccc(F)c2)noc1-c1cc(Br)ccc1Cl. The van der Waals surface area contributed by atoms with Gasteiger partial charge in [-0.1, -0.05) is 44.8 Å². The maximum atomic E-state index is 13.4. The highest BCUT2D eigenvalue weighted by Gasteiger charge is 2.20. The van der Waals surface area contributed by atoms with Crippen molar-refractivity contribution >= 4 is 27.5 Å². The van der Waals surface area contributed by atoms with Crippen LogP contribution >= 0.6 is 27.5 Å². The van der Waals surface area contributed by atoms with Gasteiger partial charge in [0.15, 0.2) is 5.76 Å². The zero-order valence-corrected chi connectivity index (χ0v) is 13.5. The van der Waals surface area contributed by atoms with Gasteiger partial charge in [0.25, 0.3) is 0 Å². The first-order valence-electron chi connectivity index (χ1n) is 6.41. The van der Waals surface area contributed by atoms with Crippen molar-refractivity contribution in [2.45, 2.75) is 6.61 Å². The molecule has 0 radical (unpaired) electrons. The molecule has 0 aliphatic carbocycles. The summed E-state index contributed by atoms with van der Waals surface area (Å²) in [5, 5.41) is 14.1. The van der Waals surface area contributed by atoms with E-state index in [1.807, 2.05) is 0 Å². The molecule has 3 nitrogen and oxygen atoms in total. The lowest BCUT2D eigenvalue weighted by molar-refractivity contribution is 0.281. The lowest BCUT2D eigenvalue weighted by atomic mass is 10.0. The average Bonchev–Trinajstić information content (AvgIpc) is 2.93. The molecule has 0 unspecified atom stereocenters. The summed E-state index contributed by atoms with van der Waals surface area (Å²) in [4.78, 5) is 0. The van der Waals surface area contributed by atoms with E-state index in [2.05, 4.69) is 21.1 Å². The van der Waals surface area contributed by atoms with E-state index in [9.17, 15) is 9.50 Å². The van der Waals surface area contributed by atoms with E-state index in [-0.39, 0.29) is 12.4 Å². The minimum Gasteiger partial charge on any atom is -0.391 e. The maximum Gasteiger partial charge on any atom is 0.174 e. The fourth-order valence-electron chi connectivity index (χ4n) is 2.20. The smallest absolute Gasteiger partial charge is 0.174 e. The van der Waals surface area contributed by atoms with E-state index in [1.165, 1.54) is 12.1 Å². The van der Waals surface area contributed by atoms with Crippen molar-refractivity contribution in [2.24, 2.45) is 0 Å². The molecule has 2 aromatic carbocycles. The van der Waals surface area contributed by atoms with E-state index < -0.39 is 0 Å². The van der Waals surface area contributed by atoms with E-state index in [4.69, 9.17) is 16.1 Å². The minimum absolute atomic E-state index is 0.298. The Labute approximate surface area is 139 Å². The Hall–Kier alpha value is -1.69. The van der Waals surface area contributed by atoms with Crippen LogP contribution in [0.4, 0.5) is 4.39 Å². The largest absolute Gasteiger partial charge is 0.391 e. The normalized spacial score (nSPS) is 10.9. The summed E-state index contributed by atoms with van der Waals surface area (Å²) in [5.41, 5.74) is 2.00. The summed E-state index contributed by atoms with van der Waals surface area (Å²) >= 11 is 9.56. The highest BCUT2D eigenvalue weighted by molar-refractivity contribution is 9.10. The van der Waals surface area contributed by atoms with Gasteiger partial charge in [0, 0.05) is 15.6 Å². The zero-order chi connectivity index (χ0) is 15.7. The van der Waals surface area contributed by atoms with Crippen LogP contribution in [0, 0.1) is 5.82 Å². The minimum atomic E-state index is -0.383. The summed E-state index contributed by atoms with van der Waals surface area (Å²) in [6.45, 7) is -0.298. The Kier molecular flexibility index (Phi) is 4.29. The molecule has 0 bridgehead atoms. The predicted octanol–water partition coefficient (Wildman–Crippen LogP) is 5.06. The van der Waals surface area contributed by atoms with Crippen LogP contribution in [0.1, 0.15) is 5.56 Å². The van der Waals surface area contributed by atoms with Gasteiger partial charge in [-0.25, -0.2) is 4.39 Å². The molecule has 1 aromatic heterocycles. The van der Waals surface area contributed by atoms with Crippen LogP contribution in [-0.4, -0.2) is 10.3 Å². The molecule has 3 aromatic rings. The fraction of sp³-hybridized carbons (Fsp3) is 0.0625. The Balaban J connectivity index is 2.17. The van der Waals surface area contributed by atoms with Crippen molar-refractivity contribution in [3.8, 4) is 22.6 Å². The molecule has 3 rings (SSSR count). The third-order valence-electron chi connectivity index (χ3n) is 3.22. The Morgan fingerprint density at radius 2 is 2.05 bits per heavy atom. The van der Waals surface area contributed by atoms with Crippen LogP contribution in [0.5, 0.6) is 0 Å². The van der Waals surface area contributed by atoms with Crippen LogP contribution in [0.25, 0.3) is 22.6 Å². The molecule has 0 spiro atoms. The van der Waals surface area contributed by atoms with Gasteiger partial charge >= 0.3 is 0 Å². The van der Waals surface area contributed by atoms with E-state index in [1.54, 1.807) is 30.3 Å². The molecule has 1 heterocycles. The number of hydrogen-bond acceptors (Lipinski definition) is 3. The molecule has 0 saturated heterocycles. The lowest BCUT2D eigenvalue weighted by Gasteiger charge is -2.04. The van der Waals surface area contributed by atoms with Crippen LogP contribution in [0.3, 0.4) is 0 Å². The van der Waals surface area contributed by atoms with Gasteiger partial charge in [0.2, 0.25) is 0 Å². The number of halogens is 3. The number of aliphatic hydroxyl groups excluding tert-OH is 1. The first-order valence-corrected chi connectivity index (χ1v) is 7.58. The van der Waals surface area contributed by atoms with Gasteiger partial charge in [-0.3, -0.25) is 0 Å². The maximum absolute atomic E-state index is 13.4. The van der Waals surface area contributed by atoms with Crippen LogP contribution in [0.2, 0.25) is 5.02 Å². The third-order valence-corrected chi connectivity index (χ3v) is 4.04. The average molecular weight is 383 g/mol. The number of rotatable bonds is 3. The lowest BCUT2D eigenvalue weighted by Crippen LogP contribution is -1.90. The Bertz CT molecular complexity index is 835. The molecule has 0 atom stereocenters. The van der Waals surface area contributed by atoms with Crippen molar-refractivity contribution in [3.05, 3.63) is 63.3 Å². The Morgan fingerprint density at radius 1 is 1.23 bits per heavy atom. The second-order valence-electron chi connectivity index (χ2n) is 4.63. The second kappa shape index (κ2) is 6.20. The number of hydrogen-bond donors (Lipinski definition) is 1. The number of benzene rings is 2. The molecule has 0 fully saturated rings. The highest BCUT2D eigenvalue weighted by Crippen LogP contribution is 2.37. The van der Waals surface area contributed by atoms with E-state index in [0.717, 1.165) is 4.47 Å². The summed E-state index contributed by atoms with van der Waals surface area (Å²) < 4.78 is 19.6. The van der Waals surface area contributed by atoms with Crippen molar-refractivity contribution in [1.29, 1.82) is 0 Å². The number of aliphatic hydroxyl groups is 1. The van der Waals surface area contributed by atoms with Crippen molar-refractivity contribution < 1.29 is 14.0 Å². The second-order valence-corrected chi connectivity index (χ2v) is 5.95. The van der Waals surface area contributed by atoms with Gasteiger partial charge in [-0.05, 0) is 30.3 Å². The molecular weight excluding hydrogens is 373 g/mol.